The molecule has 0 saturated heterocycles. The quantitative estimate of drug-likeness (QED) is 0.713. The van der Waals surface area contributed by atoms with Crippen molar-refractivity contribution in [3.05, 3.63) is 40.7 Å². The average molecular weight is 210 g/mol. The Hall–Kier alpha value is -0.990. The highest BCUT2D eigenvalue weighted by Crippen LogP contribution is 2.29. The van der Waals surface area contributed by atoms with Crippen LogP contribution in [0, 0.1) is 0 Å². The number of nitrogen functional groups attached to an aromatic ring is 1. The number of hydrogen-bond acceptors (Lipinski definition) is 2. The Morgan fingerprint density at radius 1 is 1.23 bits per heavy atom. The Bertz CT molecular complexity index is 409. The maximum Gasteiger partial charge on any atom is 0.0635 e. The highest BCUT2D eigenvalue weighted by Gasteiger charge is 2.00. The predicted molar refractivity (Wildman–Crippen MR) is 59.2 cm³/mol. The molecule has 1 aromatic heterocycles. The molecule has 2 rings (SSSR count). The Morgan fingerprint density at radius 3 is 2.69 bits per heavy atom. The summed E-state index contributed by atoms with van der Waals surface area (Å²) >= 11 is 7.51. The summed E-state index contributed by atoms with van der Waals surface area (Å²) < 4.78 is 0. The van der Waals surface area contributed by atoms with E-state index < -0.39 is 0 Å². The van der Waals surface area contributed by atoms with Crippen molar-refractivity contribution < 1.29 is 0 Å². The third kappa shape index (κ3) is 1.69. The van der Waals surface area contributed by atoms with Crippen LogP contribution in [0.3, 0.4) is 0 Å². The van der Waals surface area contributed by atoms with E-state index in [1.807, 2.05) is 29.6 Å². The first kappa shape index (κ1) is 8.60. The van der Waals surface area contributed by atoms with Crippen molar-refractivity contribution >= 4 is 28.6 Å². The van der Waals surface area contributed by atoms with E-state index in [1.165, 1.54) is 4.88 Å². The van der Waals surface area contributed by atoms with Gasteiger partial charge in [0.2, 0.25) is 0 Å². The number of thiophene rings is 1. The molecular weight excluding hydrogens is 202 g/mol. The van der Waals surface area contributed by atoms with E-state index in [9.17, 15) is 0 Å². The van der Waals surface area contributed by atoms with Crippen molar-refractivity contribution in [1.29, 1.82) is 0 Å². The second-order valence-corrected chi connectivity index (χ2v) is 4.07. The molecule has 3 heteroatoms. The summed E-state index contributed by atoms with van der Waals surface area (Å²) in [4.78, 5) is 1.21. The minimum Gasteiger partial charge on any atom is -0.398 e. The smallest absolute Gasteiger partial charge is 0.0635 e. The molecule has 0 spiro atoms. The van der Waals surface area contributed by atoms with Crippen LogP contribution in [-0.4, -0.2) is 0 Å². The van der Waals surface area contributed by atoms with Crippen molar-refractivity contribution in [2.75, 3.05) is 5.73 Å². The fraction of sp³-hybridized carbons (Fsp3) is 0. The fourth-order valence-electron chi connectivity index (χ4n) is 1.14. The fourth-order valence-corrected chi connectivity index (χ4v) is 1.98. The van der Waals surface area contributed by atoms with Crippen molar-refractivity contribution in [2.24, 2.45) is 0 Å². The molecule has 0 bridgehead atoms. The second kappa shape index (κ2) is 3.40. The molecule has 2 aromatic rings. The first-order valence-corrected chi connectivity index (χ1v) is 5.12. The molecule has 0 aliphatic rings. The lowest BCUT2D eigenvalue weighted by atomic mass is 10.2. The molecule has 0 amide bonds. The van der Waals surface area contributed by atoms with Gasteiger partial charge in [-0.2, -0.15) is 0 Å². The molecule has 0 aliphatic heterocycles. The predicted octanol–water partition coefficient (Wildman–Crippen LogP) is 3.65. The van der Waals surface area contributed by atoms with Gasteiger partial charge in [-0.3, -0.25) is 0 Å². The van der Waals surface area contributed by atoms with Crippen molar-refractivity contribution in [3.8, 4) is 10.4 Å². The Labute approximate surface area is 85.8 Å². The van der Waals surface area contributed by atoms with Crippen LogP contribution in [0.25, 0.3) is 10.4 Å². The van der Waals surface area contributed by atoms with Gasteiger partial charge in [0.15, 0.2) is 0 Å². The zero-order chi connectivity index (χ0) is 9.26. The molecule has 0 fully saturated rings. The van der Waals surface area contributed by atoms with Crippen LogP contribution in [0.15, 0.2) is 35.7 Å². The third-order valence-corrected chi connectivity index (χ3v) is 3.06. The maximum absolute atomic E-state index is 5.82. The van der Waals surface area contributed by atoms with Crippen LogP contribution in [0.4, 0.5) is 5.69 Å². The van der Waals surface area contributed by atoms with Crippen LogP contribution in [0.2, 0.25) is 5.02 Å². The van der Waals surface area contributed by atoms with Gasteiger partial charge < -0.3 is 5.73 Å². The number of hydrogen-bond donors (Lipinski definition) is 1. The van der Waals surface area contributed by atoms with Crippen LogP contribution >= 0.6 is 22.9 Å². The van der Waals surface area contributed by atoms with E-state index in [1.54, 1.807) is 11.3 Å². The molecule has 1 heterocycles. The van der Waals surface area contributed by atoms with E-state index >= 15 is 0 Å². The third-order valence-electron chi connectivity index (χ3n) is 1.80. The summed E-state index contributed by atoms with van der Waals surface area (Å²) in [6, 6.07) is 9.78. The number of nitrogens with two attached hydrogens (primary N) is 1. The van der Waals surface area contributed by atoms with Crippen molar-refractivity contribution in [2.45, 2.75) is 0 Å². The average Bonchev–Trinajstić information content (AvgIpc) is 2.62. The topological polar surface area (TPSA) is 26.0 Å². The van der Waals surface area contributed by atoms with Crippen LogP contribution in [0.1, 0.15) is 0 Å². The molecule has 0 atom stereocenters. The van der Waals surface area contributed by atoms with Gasteiger partial charge in [-0.05, 0) is 29.1 Å². The van der Waals surface area contributed by atoms with E-state index in [4.69, 9.17) is 17.3 Å². The largest absolute Gasteiger partial charge is 0.398 e. The van der Waals surface area contributed by atoms with Gasteiger partial charge >= 0.3 is 0 Å². The molecular formula is C10H8ClNS. The van der Waals surface area contributed by atoms with Gasteiger partial charge in [0.25, 0.3) is 0 Å². The van der Waals surface area contributed by atoms with Crippen LogP contribution in [0.5, 0.6) is 0 Å². The zero-order valence-electron chi connectivity index (χ0n) is 6.83. The Kier molecular flexibility index (Phi) is 2.25. The lowest BCUT2D eigenvalue weighted by Gasteiger charge is -2.00. The van der Waals surface area contributed by atoms with Crippen molar-refractivity contribution in [3.63, 3.8) is 0 Å². The minimum atomic E-state index is 0.611. The van der Waals surface area contributed by atoms with Gasteiger partial charge in [-0.25, -0.2) is 0 Å². The maximum atomic E-state index is 5.82. The SMILES string of the molecule is Nc1cc(-c2cccs2)ccc1Cl. The van der Waals surface area contributed by atoms with Gasteiger partial charge in [0, 0.05) is 4.88 Å². The summed E-state index contributed by atoms with van der Waals surface area (Å²) in [6.45, 7) is 0. The molecule has 0 saturated carbocycles. The molecule has 1 nitrogen and oxygen atoms in total. The summed E-state index contributed by atoms with van der Waals surface area (Å²) in [6.07, 6.45) is 0. The van der Waals surface area contributed by atoms with E-state index in [-0.39, 0.29) is 0 Å². The standard InChI is InChI=1S/C10H8ClNS/c11-8-4-3-7(6-9(8)12)10-2-1-5-13-10/h1-6H,12H2. The number of rotatable bonds is 1. The zero-order valence-corrected chi connectivity index (χ0v) is 8.40. The number of halogens is 1. The summed E-state index contributed by atoms with van der Waals surface area (Å²) in [5, 5.41) is 2.65. The highest BCUT2D eigenvalue weighted by atomic mass is 35.5. The summed E-state index contributed by atoms with van der Waals surface area (Å²) in [7, 11) is 0. The normalized spacial score (nSPS) is 10.2. The molecule has 1 aromatic carbocycles. The molecule has 13 heavy (non-hydrogen) atoms. The monoisotopic (exact) mass is 209 g/mol. The first-order valence-electron chi connectivity index (χ1n) is 3.86. The second-order valence-electron chi connectivity index (χ2n) is 2.71. The first-order chi connectivity index (χ1) is 6.27. The molecule has 0 aliphatic carbocycles. The lowest BCUT2D eigenvalue weighted by molar-refractivity contribution is 1.67. The Morgan fingerprint density at radius 2 is 2.08 bits per heavy atom. The summed E-state index contributed by atoms with van der Waals surface area (Å²) in [5.74, 6) is 0. The van der Waals surface area contributed by atoms with E-state index in [0.717, 1.165) is 5.56 Å². The molecule has 0 radical (unpaired) electrons. The molecule has 66 valence electrons. The van der Waals surface area contributed by atoms with E-state index in [0.29, 0.717) is 10.7 Å². The van der Waals surface area contributed by atoms with Gasteiger partial charge in [0.05, 0.1) is 10.7 Å². The lowest BCUT2D eigenvalue weighted by Crippen LogP contribution is -1.85. The number of anilines is 1. The molecule has 0 unspecified atom stereocenters. The highest BCUT2D eigenvalue weighted by molar-refractivity contribution is 7.13. The van der Waals surface area contributed by atoms with Crippen LogP contribution in [-0.2, 0) is 0 Å². The van der Waals surface area contributed by atoms with Gasteiger partial charge in [-0.15, -0.1) is 11.3 Å². The van der Waals surface area contributed by atoms with E-state index in [2.05, 4.69) is 6.07 Å². The molecule has 2 N–H and O–H groups in total. The number of benzene rings is 1. The van der Waals surface area contributed by atoms with Crippen LogP contribution < -0.4 is 5.73 Å². The summed E-state index contributed by atoms with van der Waals surface area (Å²) in [5.41, 5.74) is 7.45. The van der Waals surface area contributed by atoms with Crippen molar-refractivity contribution in [1.82, 2.24) is 0 Å². The minimum absolute atomic E-state index is 0.611. The van der Waals surface area contributed by atoms with Gasteiger partial charge in [0.1, 0.15) is 0 Å². The van der Waals surface area contributed by atoms with Gasteiger partial charge in [-0.1, -0.05) is 23.7 Å². The Balaban J connectivity index is 2.49.